The van der Waals surface area contributed by atoms with Crippen LogP contribution in [0.2, 0.25) is 0 Å². The lowest BCUT2D eigenvalue weighted by atomic mass is 10.0. The first-order valence-electron chi connectivity index (χ1n) is 7.40. The molecule has 114 valence electrons. The van der Waals surface area contributed by atoms with Crippen molar-refractivity contribution in [3.63, 3.8) is 0 Å². The molecule has 2 amide bonds. The molecular formula is C16H18N4OS. The summed E-state index contributed by atoms with van der Waals surface area (Å²) in [5, 5.41) is 15.7. The summed E-state index contributed by atoms with van der Waals surface area (Å²) in [4.78, 5) is 11.9. The first kappa shape index (κ1) is 14.7. The van der Waals surface area contributed by atoms with E-state index in [4.69, 9.17) is 0 Å². The number of rotatable bonds is 4. The van der Waals surface area contributed by atoms with Crippen molar-refractivity contribution in [2.45, 2.75) is 31.8 Å². The molecule has 0 saturated carbocycles. The van der Waals surface area contributed by atoms with E-state index in [1.54, 1.807) is 0 Å². The zero-order valence-electron chi connectivity index (χ0n) is 12.2. The number of nitrogens with one attached hydrogen (secondary N) is 2. The summed E-state index contributed by atoms with van der Waals surface area (Å²) in [6.45, 7) is 0.396. The lowest BCUT2D eigenvalue weighted by molar-refractivity contribution is 0.237. The number of benzene rings is 1. The van der Waals surface area contributed by atoms with Gasteiger partial charge in [-0.2, -0.15) is 0 Å². The Morgan fingerprint density at radius 2 is 2.14 bits per heavy atom. The van der Waals surface area contributed by atoms with Gasteiger partial charge in [0.15, 0.2) is 0 Å². The Labute approximate surface area is 133 Å². The fourth-order valence-electron chi connectivity index (χ4n) is 2.33. The van der Waals surface area contributed by atoms with Crippen LogP contribution in [0.4, 0.5) is 4.79 Å². The van der Waals surface area contributed by atoms with Gasteiger partial charge in [-0.3, -0.25) is 0 Å². The molecule has 0 saturated heterocycles. The van der Waals surface area contributed by atoms with Crippen LogP contribution >= 0.6 is 11.3 Å². The van der Waals surface area contributed by atoms with Gasteiger partial charge in [0.05, 0.1) is 6.54 Å². The van der Waals surface area contributed by atoms with Crippen molar-refractivity contribution in [1.29, 1.82) is 0 Å². The number of carbonyl (C=O) groups excluding carboxylic acids is 1. The van der Waals surface area contributed by atoms with Gasteiger partial charge in [-0.1, -0.05) is 53.8 Å². The Balaban J connectivity index is 1.51. The second-order valence-corrected chi connectivity index (χ2v) is 6.22. The summed E-state index contributed by atoms with van der Waals surface area (Å²) < 4.78 is 0. The molecule has 1 aliphatic carbocycles. The van der Waals surface area contributed by atoms with Crippen LogP contribution in [0.3, 0.4) is 0 Å². The molecule has 2 N–H and O–H groups in total. The Bertz CT molecular complexity index is 653. The summed E-state index contributed by atoms with van der Waals surface area (Å²) in [6, 6.07) is 9.90. The second kappa shape index (κ2) is 7.17. The van der Waals surface area contributed by atoms with Gasteiger partial charge in [-0.15, -0.1) is 10.2 Å². The molecule has 1 aliphatic rings. The summed E-state index contributed by atoms with van der Waals surface area (Å²) in [5.74, 6) is 0. The van der Waals surface area contributed by atoms with Gasteiger partial charge >= 0.3 is 6.03 Å². The van der Waals surface area contributed by atoms with Crippen molar-refractivity contribution < 1.29 is 4.79 Å². The van der Waals surface area contributed by atoms with Gasteiger partial charge in [-0.25, -0.2) is 4.79 Å². The highest BCUT2D eigenvalue weighted by atomic mass is 32.1. The Morgan fingerprint density at radius 3 is 2.91 bits per heavy atom. The third-order valence-electron chi connectivity index (χ3n) is 3.46. The number of nitrogens with zero attached hydrogens (tertiary/aromatic N) is 2. The number of allylic oxidation sites excluding steroid dienone is 1. The average Bonchev–Trinajstić information content (AvgIpc) is 3.04. The molecule has 1 atom stereocenters. The lowest BCUT2D eigenvalue weighted by Crippen LogP contribution is -2.41. The fourth-order valence-corrected chi connectivity index (χ4v) is 3.12. The zero-order valence-corrected chi connectivity index (χ0v) is 13.0. The molecule has 22 heavy (non-hydrogen) atoms. The molecule has 1 heterocycles. The van der Waals surface area contributed by atoms with Gasteiger partial charge in [0.2, 0.25) is 0 Å². The standard InChI is InChI=1S/C16H18N4OS/c21-16(18-13-9-5-2-6-10-13)17-11-14-19-20-15(22-14)12-7-3-1-4-8-12/h1,3-5,7-9,13H,2,6,10-11H2,(H2,17,18,21)/t13-/m1/s1. The number of amides is 2. The molecule has 0 radical (unpaired) electrons. The van der Waals surface area contributed by atoms with Gasteiger partial charge in [0.25, 0.3) is 0 Å². The summed E-state index contributed by atoms with van der Waals surface area (Å²) in [5.41, 5.74) is 1.04. The monoisotopic (exact) mass is 314 g/mol. The van der Waals surface area contributed by atoms with E-state index in [-0.39, 0.29) is 12.1 Å². The van der Waals surface area contributed by atoms with Crippen LogP contribution in [0.5, 0.6) is 0 Å². The molecule has 0 bridgehead atoms. The highest BCUT2D eigenvalue weighted by molar-refractivity contribution is 7.14. The summed E-state index contributed by atoms with van der Waals surface area (Å²) in [7, 11) is 0. The van der Waals surface area contributed by atoms with Gasteiger partial charge in [0, 0.05) is 11.6 Å². The van der Waals surface area contributed by atoms with E-state index in [2.05, 4.69) is 33.0 Å². The minimum Gasteiger partial charge on any atom is -0.332 e. The Morgan fingerprint density at radius 1 is 1.27 bits per heavy atom. The SMILES string of the molecule is O=C(NCc1nnc(-c2ccccc2)s1)N[C@@H]1C=CCCC1. The quantitative estimate of drug-likeness (QED) is 0.852. The predicted octanol–water partition coefficient (Wildman–Crippen LogP) is 3.11. The van der Waals surface area contributed by atoms with Crippen molar-refractivity contribution in [2.75, 3.05) is 0 Å². The Hall–Kier alpha value is -2.21. The molecule has 0 spiro atoms. The molecule has 3 rings (SSSR count). The number of hydrogen-bond acceptors (Lipinski definition) is 4. The second-order valence-electron chi connectivity index (χ2n) is 5.16. The summed E-state index contributed by atoms with van der Waals surface area (Å²) in [6.07, 6.45) is 7.40. The Kier molecular flexibility index (Phi) is 4.80. The van der Waals surface area contributed by atoms with Crippen molar-refractivity contribution in [1.82, 2.24) is 20.8 Å². The maximum Gasteiger partial charge on any atom is 0.315 e. The lowest BCUT2D eigenvalue weighted by Gasteiger charge is -2.17. The van der Waals surface area contributed by atoms with E-state index in [0.717, 1.165) is 34.8 Å². The highest BCUT2D eigenvalue weighted by Crippen LogP contribution is 2.22. The third-order valence-corrected chi connectivity index (χ3v) is 4.43. The van der Waals surface area contributed by atoms with Crippen LogP contribution in [0, 0.1) is 0 Å². The van der Waals surface area contributed by atoms with Gasteiger partial charge < -0.3 is 10.6 Å². The topological polar surface area (TPSA) is 66.9 Å². The minimum absolute atomic E-state index is 0.142. The average molecular weight is 314 g/mol. The van der Waals surface area contributed by atoms with Crippen LogP contribution in [0.1, 0.15) is 24.3 Å². The largest absolute Gasteiger partial charge is 0.332 e. The molecule has 0 fully saturated rings. The molecule has 0 aliphatic heterocycles. The molecule has 5 nitrogen and oxygen atoms in total. The van der Waals surface area contributed by atoms with Gasteiger partial charge in [-0.05, 0) is 19.3 Å². The number of hydrogen-bond donors (Lipinski definition) is 2. The normalized spacial score (nSPS) is 17.2. The molecule has 1 aromatic heterocycles. The van der Waals surface area contributed by atoms with Crippen molar-refractivity contribution in [2.24, 2.45) is 0 Å². The first-order valence-corrected chi connectivity index (χ1v) is 8.22. The predicted molar refractivity (Wildman–Crippen MR) is 87.5 cm³/mol. The smallest absolute Gasteiger partial charge is 0.315 e. The molecular weight excluding hydrogens is 296 g/mol. The van der Waals surface area contributed by atoms with Gasteiger partial charge in [0.1, 0.15) is 10.0 Å². The minimum atomic E-state index is -0.159. The van der Waals surface area contributed by atoms with E-state index in [9.17, 15) is 4.79 Å². The number of urea groups is 1. The van der Waals surface area contributed by atoms with Crippen molar-refractivity contribution in [3.05, 3.63) is 47.5 Å². The fraction of sp³-hybridized carbons (Fsp3) is 0.312. The van der Waals surface area contributed by atoms with E-state index in [1.165, 1.54) is 11.3 Å². The van der Waals surface area contributed by atoms with Crippen LogP contribution < -0.4 is 10.6 Å². The third kappa shape index (κ3) is 3.92. The number of carbonyl (C=O) groups is 1. The highest BCUT2D eigenvalue weighted by Gasteiger charge is 2.12. The summed E-state index contributed by atoms with van der Waals surface area (Å²) >= 11 is 1.50. The van der Waals surface area contributed by atoms with E-state index in [1.807, 2.05) is 30.3 Å². The first-order chi connectivity index (χ1) is 10.8. The zero-order chi connectivity index (χ0) is 15.2. The maximum absolute atomic E-state index is 11.9. The molecule has 1 aromatic carbocycles. The molecule has 0 unspecified atom stereocenters. The van der Waals surface area contributed by atoms with E-state index in [0.29, 0.717) is 6.54 Å². The van der Waals surface area contributed by atoms with E-state index < -0.39 is 0 Å². The molecule has 2 aromatic rings. The maximum atomic E-state index is 11.9. The van der Waals surface area contributed by atoms with Crippen LogP contribution in [-0.2, 0) is 6.54 Å². The van der Waals surface area contributed by atoms with Crippen LogP contribution in [0.25, 0.3) is 10.6 Å². The van der Waals surface area contributed by atoms with Crippen LogP contribution in [0.15, 0.2) is 42.5 Å². The van der Waals surface area contributed by atoms with Crippen molar-refractivity contribution in [3.8, 4) is 10.6 Å². The molecule has 6 heteroatoms. The van der Waals surface area contributed by atoms with E-state index >= 15 is 0 Å². The van der Waals surface area contributed by atoms with Crippen LogP contribution in [-0.4, -0.2) is 22.3 Å². The van der Waals surface area contributed by atoms with Crippen molar-refractivity contribution >= 4 is 17.4 Å². The number of aromatic nitrogens is 2.